The maximum atomic E-state index is 5.75. The molecule has 3 atom stereocenters. The molecule has 2 aliphatic heterocycles. The molecule has 0 aromatic carbocycles. The van der Waals surface area contributed by atoms with E-state index in [1.165, 1.54) is 0 Å². The summed E-state index contributed by atoms with van der Waals surface area (Å²) < 4.78 is 5.75. The van der Waals surface area contributed by atoms with Gasteiger partial charge in [0.1, 0.15) is 10.3 Å². The summed E-state index contributed by atoms with van der Waals surface area (Å²) in [6.45, 7) is 5.26. The first-order chi connectivity index (χ1) is 4.71. The number of ether oxygens (including phenoxy) is 1. The smallest absolute Gasteiger partial charge is 0.146 e. The van der Waals surface area contributed by atoms with Gasteiger partial charge in [0.25, 0.3) is 0 Å². The van der Waals surface area contributed by atoms with Gasteiger partial charge in [-0.2, -0.15) is 0 Å². The minimum absolute atomic E-state index is 0.0579. The highest BCUT2D eigenvalue weighted by molar-refractivity contribution is 8.80. The second-order valence-electron chi connectivity index (χ2n) is 2.91. The molecule has 4 heteroatoms. The van der Waals surface area contributed by atoms with Gasteiger partial charge in [-0.05, 0) is 13.8 Å². The van der Waals surface area contributed by atoms with Crippen molar-refractivity contribution in [2.45, 2.75) is 30.3 Å². The van der Waals surface area contributed by atoms with E-state index in [0.29, 0.717) is 11.5 Å². The van der Waals surface area contributed by atoms with Gasteiger partial charge < -0.3 is 4.74 Å². The van der Waals surface area contributed by atoms with Crippen molar-refractivity contribution in [1.82, 2.24) is 5.32 Å². The van der Waals surface area contributed by atoms with Crippen LogP contribution in [0.2, 0.25) is 0 Å². The molecule has 2 nitrogen and oxygen atoms in total. The van der Waals surface area contributed by atoms with Gasteiger partial charge in [0.05, 0.1) is 6.10 Å². The van der Waals surface area contributed by atoms with Gasteiger partial charge in [-0.25, -0.2) is 0 Å². The summed E-state index contributed by atoms with van der Waals surface area (Å²) >= 11 is 0. The Morgan fingerprint density at radius 2 is 2.50 bits per heavy atom. The fraction of sp³-hybridized carbons (Fsp3) is 1.00. The standard InChI is InChI=1S/C6H11NOS2/c1-4-3-7-5-6(2,8-4)10-9-5/h4-5,7H,3H2,1-2H3. The van der Waals surface area contributed by atoms with Crippen LogP contribution in [0.5, 0.6) is 0 Å². The minimum Gasteiger partial charge on any atom is -0.357 e. The lowest BCUT2D eigenvalue weighted by atomic mass is 10.2. The van der Waals surface area contributed by atoms with E-state index >= 15 is 0 Å². The molecule has 2 fully saturated rings. The van der Waals surface area contributed by atoms with Crippen LogP contribution in [0.4, 0.5) is 0 Å². The van der Waals surface area contributed by atoms with E-state index in [0.717, 1.165) is 6.54 Å². The summed E-state index contributed by atoms with van der Waals surface area (Å²) in [7, 11) is 3.70. The normalized spacial score (nSPS) is 53.4. The van der Waals surface area contributed by atoms with Crippen molar-refractivity contribution in [1.29, 1.82) is 0 Å². The first-order valence-electron chi connectivity index (χ1n) is 3.46. The highest BCUT2D eigenvalue weighted by Gasteiger charge is 2.49. The van der Waals surface area contributed by atoms with Crippen LogP contribution in [0.15, 0.2) is 0 Å². The van der Waals surface area contributed by atoms with Crippen LogP contribution in [0.25, 0.3) is 0 Å². The average Bonchev–Trinajstić information content (AvgIpc) is 1.83. The molecule has 0 amide bonds. The molecule has 3 unspecified atom stereocenters. The van der Waals surface area contributed by atoms with E-state index < -0.39 is 0 Å². The molecule has 0 aliphatic carbocycles. The molecule has 2 rings (SSSR count). The van der Waals surface area contributed by atoms with Gasteiger partial charge in [0, 0.05) is 6.54 Å². The Morgan fingerprint density at radius 1 is 1.70 bits per heavy atom. The number of hydrogen-bond acceptors (Lipinski definition) is 4. The summed E-state index contributed by atoms with van der Waals surface area (Å²) in [6, 6.07) is 0. The molecular weight excluding hydrogens is 166 g/mol. The highest BCUT2D eigenvalue weighted by Crippen LogP contribution is 2.57. The average molecular weight is 177 g/mol. The summed E-state index contributed by atoms with van der Waals surface area (Å²) in [5.41, 5.74) is 0. The summed E-state index contributed by atoms with van der Waals surface area (Å²) in [5, 5.41) is 3.95. The van der Waals surface area contributed by atoms with Gasteiger partial charge in [0.15, 0.2) is 0 Å². The third kappa shape index (κ3) is 0.978. The third-order valence-electron chi connectivity index (χ3n) is 1.81. The Bertz CT molecular complexity index is 155. The number of hydrogen-bond donors (Lipinski definition) is 1. The second-order valence-corrected chi connectivity index (χ2v) is 5.63. The molecule has 2 heterocycles. The molecule has 10 heavy (non-hydrogen) atoms. The number of morpholine rings is 1. The van der Waals surface area contributed by atoms with E-state index in [9.17, 15) is 0 Å². The molecule has 0 radical (unpaired) electrons. The van der Waals surface area contributed by atoms with Crippen LogP contribution in [0, 0.1) is 0 Å². The Hall–Kier alpha value is 0.620. The summed E-state index contributed by atoms with van der Waals surface area (Å²) in [4.78, 5) is 0.0579. The Kier molecular flexibility index (Phi) is 1.68. The largest absolute Gasteiger partial charge is 0.357 e. The van der Waals surface area contributed by atoms with Crippen LogP contribution < -0.4 is 5.32 Å². The lowest BCUT2D eigenvalue weighted by molar-refractivity contribution is -0.0494. The third-order valence-corrected chi connectivity index (χ3v) is 5.39. The minimum atomic E-state index is 0.0579. The molecule has 58 valence electrons. The van der Waals surface area contributed by atoms with Crippen LogP contribution >= 0.6 is 21.6 Å². The number of nitrogens with one attached hydrogen (secondary N) is 1. The van der Waals surface area contributed by atoms with Crippen LogP contribution in [0.3, 0.4) is 0 Å². The van der Waals surface area contributed by atoms with Crippen LogP contribution in [-0.4, -0.2) is 23.0 Å². The molecule has 0 spiro atoms. The fourth-order valence-electron chi connectivity index (χ4n) is 1.25. The molecule has 0 aromatic rings. The van der Waals surface area contributed by atoms with Gasteiger partial charge >= 0.3 is 0 Å². The van der Waals surface area contributed by atoms with Gasteiger partial charge in [0.2, 0.25) is 0 Å². The molecule has 0 bridgehead atoms. The predicted octanol–water partition coefficient (Wildman–Crippen LogP) is 1.43. The van der Waals surface area contributed by atoms with E-state index in [2.05, 4.69) is 19.2 Å². The van der Waals surface area contributed by atoms with Gasteiger partial charge in [-0.1, -0.05) is 21.6 Å². The van der Waals surface area contributed by atoms with Crippen LogP contribution in [0.1, 0.15) is 13.8 Å². The van der Waals surface area contributed by atoms with E-state index in [1.807, 2.05) is 21.6 Å². The Labute approximate surface area is 68.9 Å². The predicted molar refractivity (Wildman–Crippen MR) is 45.9 cm³/mol. The molecule has 1 N–H and O–H groups in total. The zero-order valence-electron chi connectivity index (χ0n) is 6.09. The van der Waals surface area contributed by atoms with Crippen molar-refractivity contribution in [2.24, 2.45) is 0 Å². The van der Waals surface area contributed by atoms with Crippen molar-refractivity contribution < 1.29 is 4.74 Å². The van der Waals surface area contributed by atoms with Crippen molar-refractivity contribution in [3.63, 3.8) is 0 Å². The first-order valence-corrected chi connectivity index (χ1v) is 5.68. The van der Waals surface area contributed by atoms with Crippen molar-refractivity contribution in [2.75, 3.05) is 6.54 Å². The molecule has 2 aliphatic rings. The molecule has 0 aromatic heterocycles. The van der Waals surface area contributed by atoms with Crippen molar-refractivity contribution in [3.05, 3.63) is 0 Å². The zero-order valence-corrected chi connectivity index (χ0v) is 7.72. The lowest BCUT2D eigenvalue weighted by Gasteiger charge is -2.50. The Balaban J connectivity index is 2.04. The molecular formula is C6H11NOS2. The van der Waals surface area contributed by atoms with Crippen LogP contribution in [-0.2, 0) is 4.74 Å². The SMILES string of the molecule is CC1CNC2SSC2(C)O1. The zero-order chi connectivity index (χ0) is 7.19. The number of fused-ring (bicyclic) bond motifs is 1. The van der Waals surface area contributed by atoms with Crippen molar-refractivity contribution in [3.8, 4) is 0 Å². The molecule has 2 saturated heterocycles. The summed E-state index contributed by atoms with van der Waals surface area (Å²) in [5.74, 6) is 0. The Morgan fingerprint density at radius 3 is 2.90 bits per heavy atom. The topological polar surface area (TPSA) is 21.3 Å². The van der Waals surface area contributed by atoms with Crippen molar-refractivity contribution >= 4 is 21.6 Å². The highest BCUT2D eigenvalue weighted by atomic mass is 33.1. The quantitative estimate of drug-likeness (QED) is 0.565. The number of rotatable bonds is 0. The monoisotopic (exact) mass is 177 g/mol. The van der Waals surface area contributed by atoms with E-state index in [4.69, 9.17) is 4.74 Å². The van der Waals surface area contributed by atoms with E-state index in [1.54, 1.807) is 0 Å². The van der Waals surface area contributed by atoms with E-state index in [-0.39, 0.29) is 4.93 Å². The molecule has 0 saturated carbocycles. The first kappa shape index (κ1) is 7.28. The second kappa shape index (κ2) is 2.30. The van der Waals surface area contributed by atoms with Gasteiger partial charge in [-0.15, -0.1) is 0 Å². The maximum Gasteiger partial charge on any atom is 0.146 e. The lowest BCUT2D eigenvalue weighted by Crippen LogP contribution is -2.59. The fourth-order valence-corrected chi connectivity index (χ4v) is 3.93. The maximum absolute atomic E-state index is 5.75. The van der Waals surface area contributed by atoms with Gasteiger partial charge in [-0.3, -0.25) is 5.32 Å². The summed E-state index contributed by atoms with van der Waals surface area (Å²) in [6.07, 6.45) is 0.370.